The summed E-state index contributed by atoms with van der Waals surface area (Å²) in [6.45, 7) is 3.02. The highest BCUT2D eigenvalue weighted by Gasteiger charge is 2.45. The van der Waals surface area contributed by atoms with Crippen LogP contribution in [0.2, 0.25) is 0 Å². The predicted octanol–water partition coefficient (Wildman–Crippen LogP) is 3.53. The van der Waals surface area contributed by atoms with Crippen molar-refractivity contribution < 1.29 is 33.1 Å². The van der Waals surface area contributed by atoms with E-state index in [9.17, 15) is 27.9 Å². The van der Waals surface area contributed by atoms with Crippen LogP contribution in [0.4, 0.5) is 4.79 Å². The van der Waals surface area contributed by atoms with Crippen LogP contribution < -0.4 is 5.32 Å². The van der Waals surface area contributed by atoms with Crippen LogP contribution in [0.3, 0.4) is 0 Å². The number of oxime groups is 1. The molecule has 2 fully saturated rings. The number of carbonyl (C=O) groups is 3. The zero-order valence-electron chi connectivity index (χ0n) is 31.2. The van der Waals surface area contributed by atoms with Crippen molar-refractivity contribution in [3.05, 3.63) is 89.9 Å². The third kappa shape index (κ3) is 8.87. The van der Waals surface area contributed by atoms with Crippen molar-refractivity contribution in [2.75, 3.05) is 19.6 Å². The fourth-order valence-electron chi connectivity index (χ4n) is 7.54. The number of hydrogen-bond acceptors (Lipinski definition) is 10. The van der Waals surface area contributed by atoms with Gasteiger partial charge >= 0.3 is 6.03 Å². The summed E-state index contributed by atoms with van der Waals surface area (Å²) in [5.41, 5.74) is 2.54. The van der Waals surface area contributed by atoms with Gasteiger partial charge in [-0.1, -0.05) is 74.3 Å². The van der Waals surface area contributed by atoms with Gasteiger partial charge in [0.2, 0.25) is 15.9 Å². The molecule has 1 aliphatic heterocycles. The zero-order valence-corrected chi connectivity index (χ0v) is 32.0. The Morgan fingerprint density at radius 2 is 1.76 bits per heavy atom. The smallest absolute Gasteiger partial charge is 0.328 e. The summed E-state index contributed by atoms with van der Waals surface area (Å²) in [6, 6.07) is 16.0. The number of aliphatic hydroxyl groups is 1. The van der Waals surface area contributed by atoms with Gasteiger partial charge in [0.15, 0.2) is 5.65 Å². The number of nitrogens with zero attached hydrogens (tertiary/aromatic N) is 7. The molecule has 292 valence electrons. The average Bonchev–Trinajstić information content (AvgIpc) is 3.87. The Morgan fingerprint density at radius 3 is 2.42 bits per heavy atom. The standard InChI is InChI=1S/C39H48N8O7S/c1-26(2)36(47-25-35(49)46(39(47)51)24-34-42-31-14-9-19-40-37(31)44(34)3)38(50)43-32(20-27-10-5-4-6-11-27)33(48)23-45(22-29-12-7-8-13-29)55(53,54)30-17-15-28(16-18-30)21-41-52/h4-6,9-11,14-19,21,26,29,32-33,36,48,52H,7-8,12-13,20,22-25H2,1-3H3,(H,43,50)/t32-,33-,36-/m0/s1. The van der Waals surface area contributed by atoms with E-state index in [1.54, 1.807) is 43.8 Å². The molecule has 3 N–H and O–H groups in total. The fourth-order valence-corrected chi connectivity index (χ4v) is 9.07. The molecule has 15 nitrogen and oxygen atoms in total. The first-order chi connectivity index (χ1) is 26.4. The van der Waals surface area contributed by atoms with Crippen molar-refractivity contribution in [2.24, 2.45) is 24.0 Å². The van der Waals surface area contributed by atoms with Crippen LogP contribution >= 0.6 is 0 Å². The Balaban J connectivity index is 1.24. The van der Waals surface area contributed by atoms with Crippen molar-refractivity contribution in [1.29, 1.82) is 0 Å². The highest BCUT2D eigenvalue weighted by molar-refractivity contribution is 7.89. The first kappa shape index (κ1) is 39.5. The largest absolute Gasteiger partial charge is 0.411 e. The molecule has 0 bridgehead atoms. The minimum Gasteiger partial charge on any atom is -0.411 e. The van der Waals surface area contributed by atoms with Crippen LogP contribution in [0, 0.1) is 11.8 Å². The summed E-state index contributed by atoms with van der Waals surface area (Å²) in [5, 5.41) is 26.8. The molecule has 16 heteroatoms. The number of urea groups is 1. The molecule has 1 saturated heterocycles. The van der Waals surface area contributed by atoms with E-state index in [1.807, 2.05) is 30.3 Å². The third-order valence-corrected chi connectivity index (χ3v) is 12.3. The van der Waals surface area contributed by atoms with Crippen molar-refractivity contribution in [3.63, 3.8) is 0 Å². The van der Waals surface area contributed by atoms with E-state index in [2.05, 4.69) is 20.4 Å². The van der Waals surface area contributed by atoms with Crippen molar-refractivity contribution >= 4 is 45.2 Å². The maximum absolute atomic E-state index is 14.3. The number of hydrogen-bond donors (Lipinski definition) is 3. The SMILES string of the molecule is CC(C)[C@@H](C(=O)N[C@@H](Cc1ccccc1)[C@@H](O)CN(CC1CCCC1)S(=O)(=O)c1ccc(C=NO)cc1)N1CC(=O)N(Cc2nc3cccnc3n2C)C1=O. The Morgan fingerprint density at radius 1 is 1.05 bits per heavy atom. The number of carbonyl (C=O) groups excluding carboxylic acids is 3. The number of imide groups is 1. The van der Waals surface area contributed by atoms with Gasteiger partial charge in [0.05, 0.1) is 29.8 Å². The van der Waals surface area contributed by atoms with E-state index >= 15 is 0 Å². The van der Waals surface area contributed by atoms with Crippen LogP contribution in [-0.2, 0) is 39.6 Å². The lowest BCUT2D eigenvalue weighted by molar-refractivity contribution is -0.129. The molecular weight excluding hydrogens is 725 g/mol. The number of imidazole rings is 1. The lowest BCUT2D eigenvalue weighted by atomic mass is 9.97. The number of fused-ring (bicyclic) bond motifs is 1. The Bertz CT molecular complexity index is 2120. The van der Waals surface area contributed by atoms with Crippen LogP contribution in [0.25, 0.3) is 11.2 Å². The lowest BCUT2D eigenvalue weighted by Gasteiger charge is -2.34. The normalized spacial score (nSPS) is 17.3. The molecule has 2 aliphatic rings. The molecule has 1 saturated carbocycles. The molecule has 4 aromatic rings. The highest BCUT2D eigenvalue weighted by atomic mass is 32.2. The van der Waals surface area contributed by atoms with Gasteiger partial charge in [0, 0.05) is 26.3 Å². The minimum absolute atomic E-state index is 0.0213. The predicted molar refractivity (Wildman–Crippen MR) is 204 cm³/mol. The van der Waals surface area contributed by atoms with Gasteiger partial charge in [0.1, 0.15) is 23.9 Å². The highest BCUT2D eigenvalue weighted by Crippen LogP contribution is 2.29. The van der Waals surface area contributed by atoms with Crippen LogP contribution in [0.5, 0.6) is 0 Å². The van der Waals surface area contributed by atoms with Crippen molar-refractivity contribution in [2.45, 2.75) is 75.6 Å². The summed E-state index contributed by atoms with van der Waals surface area (Å²) in [6.07, 6.45) is 5.35. The number of nitrogens with one attached hydrogen (secondary N) is 1. The number of pyridine rings is 1. The molecule has 3 heterocycles. The topological polar surface area (TPSA) is 191 Å². The van der Waals surface area contributed by atoms with Crippen LogP contribution in [-0.4, -0.2) is 109 Å². The number of sulfonamides is 1. The van der Waals surface area contributed by atoms with Gasteiger partial charge in [0.25, 0.3) is 5.91 Å². The third-order valence-electron chi connectivity index (χ3n) is 10.5. The Kier molecular flexibility index (Phi) is 12.3. The van der Waals surface area contributed by atoms with E-state index in [0.29, 0.717) is 22.6 Å². The lowest BCUT2D eigenvalue weighted by Crippen LogP contribution is -2.57. The second-order valence-corrected chi connectivity index (χ2v) is 16.6. The number of rotatable bonds is 16. The van der Waals surface area contributed by atoms with Gasteiger partial charge < -0.3 is 25.1 Å². The van der Waals surface area contributed by atoms with Crippen LogP contribution in [0.1, 0.15) is 56.5 Å². The molecule has 4 amide bonds. The number of aromatic nitrogens is 3. The van der Waals surface area contributed by atoms with Crippen molar-refractivity contribution in [1.82, 2.24) is 34.0 Å². The van der Waals surface area contributed by atoms with Gasteiger partial charge in [-0.2, -0.15) is 4.31 Å². The molecule has 1 aliphatic carbocycles. The monoisotopic (exact) mass is 772 g/mol. The average molecular weight is 773 g/mol. The van der Waals surface area contributed by atoms with E-state index in [-0.39, 0.29) is 43.4 Å². The molecule has 6 rings (SSSR count). The molecule has 0 radical (unpaired) electrons. The number of benzene rings is 2. The summed E-state index contributed by atoms with van der Waals surface area (Å²) in [4.78, 5) is 52.7. The summed E-state index contributed by atoms with van der Waals surface area (Å²) in [5.74, 6) is -0.910. The minimum atomic E-state index is -4.10. The maximum Gasteiger partial charge on any atom is 0.328 e. The molecule has 0 spiro atoms. The van der Waals surface area contributed by atoms with E-state index in [4.69, 9.17) is 5.21 Å². The number of aliphatic hydroxyl groups excluding tert-OH is 1. The van der Waals surface area contributed by atoms with E-state index < -0.39 is 52.0 Å². The fraction of sp³-hybridized carbons (Fsp3) is 0.436. The quantitative estimate of drug-likeness (QED) is 0.0662. The molecule has 3 atom stereocenters. The van der Waals surface area contributed by atoms with Gasteiger partial charge in [-0.15, -0.1) is 0 Å². The van der Waals surface area contributed by atoms with E-state index in [0.717, 1.165) is 36.1 Å². The summed E-state index contributed by atoms with van der Waals surface area (Å²) >= 11 is 0. The van der Waals surface area contributed by atoms with Gasteiger partial charge in [-0.25, -0.2) is 23.2 Å². The Hall–Kier alpha value is -5.19. The molecular formula is C39H48N8O7S. The summed E-state index contributed by atoms with van der Waals surface area (Å²) < 4.78 is 31.3. The Labute approximate surface area is 320 Å². The number of aryl methyl sites for hydroxylation is 1. The molecule has 55 heavy (non-hydrogen) atoms. The molecule has 0 unspecified atom stereocenters. The van der Waals surface area contributed by atoms with E-state index in [1.165, 1.54) is 39.7 Å². The zero-order chi connectivity index (χ0) is 39.3. The second-order valence-electron chi connectivity index (χ2n) is 14.7. The van der Waals surface area contributed by atoms with Gasteiger partial charge in [-0.05, 0) is 66.5 Å². The number of amides is 4. The molecule has 2 aromatic heterocycles. The van der Waals surface area contributed by atoms with Crippen LogP contribution in [0.15, 0.2) is 83.0 Å². The first-order valence-electron chi connectivity index (χ1n) is 18.5. The van der Waals surface area contributed by atoms with Crippen molar-refractivity contribution in [3.8, 4) is 0 Å². The second kappa shape index (κ2) is 17.1. The first-order valence-corrected chi connectivity index (χ1v) is 20.0. The molecule has 2 aromatic carbocycles. The summed E-state index contributed by atoms with van der Waals surface area (Å²) in [7, 11) is -2.35. The maximum atomic E-state index is 14.3. The van der Waals surface area contributed by atoms with Gasteiger partial charge in [-0.3, -0.25) is 14.5 Å².